The molecule has 1 fully saturated rings. The van der Waals surface area contributed by atoms with Gasteiger partial charge in [-0.2, -0.15) is 0 Å². The summed E-state index contributed by atoms with van der Waals surface area (Å²) < 4.78 is 0. The van der Waals surface area contributed by atoms with Gasteiger partial charge >= 0.3 is 0 Å². The van der Waals surface area contributed by atoms with Crippen LogP contribution in [0.25, 0.3) is 33.5 Å². The second-order valence-electron chi connectivity index (χ2n) is 10.7. The van der Waals surface area contributed by atoms with Gasteiger partial charge in [-0.3, -0.25) is 9.88 Å². The first-order valence-electron chi connectivity index (χ1n) is 12.7. The van der Waals surface area contributed by atoms with Crippen LogP contribution in [0.4, 0.5) is 5.69 Å². The monoisotopic (exact) mass is 476 g/mol. The number of benzene rings is 3. The molecule has 1 aliphatic rings. The summed E-state index contributed by atoms with van der Waals surface area (Å²) in [5.41, 5.74) is 8.85. The van der Waals surface area contributed by atoms with E-state index >= 15 is 0 Å². The summed E-state index contributed by atoms with van der Waals surface area (Å²) in [6.07, 6.45) is 1.91. The van der Waals surface area contributed by atoms with Gasteiger partial charge in [0, 0.05) is 38.3 Å². The van der Waals surface area contributed by atoms with Crippen LogP contribution in [0.5, 0.6) is 0 Å². The third kappa shape index (κ3) is 4.44. The van der Waals surface area contributed by atoms with Crippen LogP contribution in [-0.2, 0) is 12.0 Å². The minimum Gasteiger partial charge on any atom is -0.367 e. The molecule has 5 aromatic rings. The lowest BCUT2D eigenvalue weighted by Gasteiger charge is -2.36. The van der Waals surface area contributed by atoms with Crippen molar-refractivity contribution in [2.24, 2.45) is 0 Å². The van der Waals surface area contributed by atoms with Gasteiger partial charge in [0.2, 0.25) is 0 Å². The van der Waals surface area contributed by atoms with E-state index in [1.54, 1.807) is 0 Å². The highest BCUT2D eigenvalue weighted by Crippen LogP contribution is 2.30. The van der Waals surface area contributed by atoms with Gasteiger partial charge in [0.05, 0.1) is 34.1 Å². The van der Waals surface area contributed by atoms with Crippen molar-refractivity contribution in [2.75, 3.05) is 31.1 Å². The summed E-state index contributed by atoms with van der Waals surface area (Å²) in [5.74, 6) is 0.923. The molecule has 182 valence electrons. The van der Waals surface area contributed by atoms with E-state index in [9.17, 15) is 0 Å². The summed E-state index contributed by atoms with van der Waals surface area (Å²) in [4.78, 5) is 22.9. The lowest BCUT2D eigenvalue weighted by molar-refractivity contribution is 0.247. The number of hydrogen-bond donors (Lipinski definition) is 1. The molecular weight excluding hydrogens is 444 g/mol. The number of anilines is 1. The van der Waals surface area contributed by atoms with Crippen molar-refractivity contribution in [1.29, 1.82) is 0 Å². The third-order valence-corrected chi connectivity index (χ3v) is 7.11. The fraction of sp³-hybridized carbons (Fsp3) is 0.300. The number of H-pyrrole nitrogens is 1. The first kappa shape index (κ1) is 22.7. The highest BCUT2D eigenvalue weighted by atomic mass is 15.3. The Morgan fingerprint density at radius 2 is 1.56 bits per heavy atom. The highest BCUT2D eigenvalue weighted by Gasteiger charge is 2.21. The Balaban J connectivity index is 1.17. The SMILES string of the molecule is CC(C)(C)c1ccc(-c2nc3c(N4CCN(Cc5cnc6ccccc6n5)CC4)cccc3[nH]2)cc1. The minimum absolute atomic E-state index is 0.141. The minimum atomic E-state index is 0.141. The zero-order chi connectivity index (χ0) is 24.7. The second-order valence-corrected chi connectivity index (χ2v) is 10.7. The second kappa shape index (κ2) is 9.03. The number of hydrogen-bond acceptors (Lipinski definition) is 5. The van der Waals surface area contributed by atoms with Gasteiger partial charge in [0.25, 0.3) is 0 Å². The smallest absolute Gasteiger partial charge is 0.138 e. The van der Waals surface area contributed by atoms with Crippen molar-refractivity contribution in [3.63, 3.8) is 0 Å². The number of piperazine rings is 1. The zero-order valence-electron chi connectivity index (χ0n) is 21.2. The van der Waals surface area contributed by atoms with E-state index in [1.807, 2.05) is 30.5 Å². The Morgan fingerprint density at radius 1 is 0.806 bits per heavy atom. The average Bonchev–Trinajstić information content (AvgIpc) is 3.33. The maximum absolute atomic E-state index is 5.04. The molecular formula is C30H32N6. The van der Waals surface area contributed by atoms with Crippen LogP contribution < -0.4 is 4.90 Å². The van der Waals surface area contributed by atoms with Gasteiger partial charge in [0.1, 0.15) is 11.3 Å². The number of fused-ring (bicyclic) bond motifs is 2. The standard InChI is InChI=1S/C30H32N6/c1-30(2,3)22-13-11-21(12-14-22)29-33-26-9-6-10-27(28(26)34-29)36-17-15-35(16-18-36)20-23-19-31-24-7-4-5-8-25(24)32-23/h4-14,19H,15-18,20H2,1-3H3,(H,33,34). The van der Waals surface area contributed by atoms with Crippen molar-refractivity contribution in [1.82, 2.24) is 24.8 Å². The molecule has 3 aromatic carbocycles. The topological polar surface area (TPSA) is 60.9 Å². The van der Waals surface area contributed by atoms with E-state index in [4.69, 9.17) is 9.97 Å². The summed E-state index contributed by atoms with van der Waals surface area (Å²) >= 11 is 0. The summed E-state index contributed by atoms with van der Waals surface area (Å²) in [6.45, 7) is 11.4. The molecule has 1 saturated heterocycles. The van der Waals surface area contributed by atoms with Crippen LogP contribution >= 0.6 is 0 Å². The molecule has 0 saturated carbocycles. The number of aromatic nitrogens is 4. The molecule has 36 heavy (non-hydrogen) atoms. The molecule has 0 aliphatic carbocycles. The number of rotatable bonds is 4. The normalized spacial score (nSPS) is 15.1. The molecule has 2 aromatic heterocycles. The number of nitrogens with zero attached hydrogens (tertiary/aromatic N) is 5. The van der Waals surface area contributed by atoms with E-state index in [0.717, 1.165) is 71.9 Å². The number of para-hydroxylation sites is 3. The molecule has 0 amide bonds. The van der Waals surface area contributed by atoms with Crippen LogP contribution in [0.3, 0.4) is 0 Å². The third-order valence-electron chi connectivity index (χ3n) is 7.11. The molecule has 0 atom stereocenters. The quantitative estimate of drug-likeness (QED) is 0.356. The molecule has 3 heterocycles. The molecule has 1 aliphatic heterocycles. The lowest BCUT2D eigenvalue weighted by atomic mass is 9.87. The maximum Gasteiger partial charge on any atom is 0.138 e. The molecule has 1 N–H and O–H groups in total. The van der Waals surface area contributed by atoms with Crippen LogP contribution in [0, 0.1) is 0 Å². The molecule has 0 bridgehead atoms. The maximum atomic E-state index is 5.04. The molecule has 0 radical (unpaired) electrons. The van der Waals surface area contributed by atoms with E-state index in [2.05, 4.69) is 83.0 Å². The van der Waals surface area contributed by atoms with E-state index < -0.39 is 0 Å². The molecule has 6 heteroatoms. The Hall–Kier alpha value is -3.77. The Labute approximate surface area is 212 Å². The summed E-state index contributed by atoms with van der Waals surface area (Å²) in [6, 6.07) is 23.3. The van der Waals surface area contributed by atoms with E-state index in [1.165, 1.54) is 11.3 Å². The van der Waals surface area contributed by atoms with Gasteiger partial charge in [-0.05, 0) is 35.2 Å². The largest absolute Gasteiger partial charge is 0.367 e. The van der Waals surface area contributed by atoms with E-state index in [-0.39, 0.29) is 5.41 Å². The van der Waals surface area contributed by atoms with Crippen molar-refractivity contribution in [2.45, 2.75) is 32.7 Å². The Bertz CT molecular complexity index is 1500. The van der Waals surface area contributed by atoms with Crippen LogP contribution in [0.15, 0.2) is 72.9 Å². The first-order valence-corrected chi connectivity index (χ1v) is 12.7. The molecule has 6 nitrogen and oxygen atoms in total. The Kier molecular flexibility index (Phi) is 5.69. The van der Waals surface area contributed by atoms with Crippen LogP contribution in [0.2, 0.25) is 0 Å². The van der Waals surface area contributed by atoms with Gasteiger partial charge in [-0.15, -0.1) is 0 Å². The first-order chi connectivity index (χ1) is 17.4. The highest BCUT2D eigenvalue weighted by molar-refractivity contribution is 5.91. The van der Waals surface area contributed by atoms with Gasteiger partial charge in [-0.25, -0.2) is 9.97 Å². The summed E-state index contributed by atoms with van der Waals surface area (Å²) in [5, 5.41) is 0. The molecule has 6 rings (SSSR count). The van der Waals surface area contributed by atoms with Crippen molar-refractivity contribution >= 4 is 27.8 Å². The van der Waals surface area contributed by atoms with Gasteiger partial charge < -0.3 is 9.88 Å². The number of imidazole rings is 1. The zero-order valence-corrected chi connectivity index (χ0v) is 21.2. The molecule has 0 unspecified atom stereocenters. The fourth-order valence-electron chi connectivity index (χ4n) is 4.98. The van der Waals surface area contributed by atoms with Crippen LogP contribution in [-0.4, -0.2) is 51.0 Å². The average molecular weight is 477 g/mol. The Morgan fingerprint density at radius 3 is 2.31 bits per heavy atom. The molecule has 0 spiro atoms. The predicted molar refractivity (Wildman–Crippen MR) is 147 cm³/mol. The van der Waals surface area contributed by atoms with Gasteiger partial charge in [0.15, 0.2) is 0 Å². The van der Waals surface area contributed by atoms with Crippen molar-refractivity contribution in [3.8, 4) is 11.4 Å². The number of nitrogens with one attached hydrogen (secondary N) is 1. The number of aromatic amines is 1. The van der Waals surface area contributed by atoms with E-state index in [0.29, 0.717) is 0 Å². The fourth-order valence-corrected chi connectivity index (χ4v) is 4.98. The summed E-state index contributed by atoms with van der Waals surface area (Å²) in [7, 11) is 0. The van der Waals surface area contributed by atoms with Crippen molar-refractivity contribution in [3.05, 3.63) is 84.2 Å². The predicted octanol–water partition coefficient (Wildman–Crippen LogP) is 5.79. The lowest BCUT2D eigenvalue weighted by Crippen LogP contribution is -2.46. The van der Waals surface area contributed by atoms with Crippen molar-refractivity contribution < 1.29 is 0 Å². The van der Waals surface area contributed by atoms with Gasteiger partial charge in [-0.1, -0.05) is 63.2 Å². The van der Waals surface area contributed by atoms with Crippen LogP contribution in [0.1, 0.15) is 32.0 Å².